The molecule has 1 heterocycles. The molecular weight excluding hydrogens is 230 g/mol. The van der Waals surface area contributed by atoms with E-state index in [0.717, 1.165) is 18.2 Å². The smallest absolute Gasteiger partial charge is 0.241 e. The highest BCUT2D eigenvalue weighted by Crippen LogP contribution is 2.14. The molecule has 1 aromatic rings. The molecule has 4 nitrogen and oxygen atoms in total. The molecule has 0 aliphatic carbocycles. The Morgan fingerprint density at radius 2 is 2.00 bits per heavy atom. The van der Waals surface area contributed by atoms with E-state index in [2.05, 4.69) is 10.6 Å². The number of carbonyl (C=O) groups is 1. The Morgan fingerprint density at radius 1 is 1.35 bits per heavy atom. The van der Waals surface area contributed by atoms with Crippen LogP contribution in [0.25, 0.3) is 0 Å². The van der Waals surface area contributed by atoms with Crippen molar-refractivity contribution in [1.82, 2.24) is 5.32 Å². The van der Waals surface area contributed by atoms with E-state index >= 15 is 0 Å². The number of aliphatic hydroxyl groups is 1. The van der Waals surface area contributed by atoms with E-state index in [9.17, 15) is 18.7 Å². The van der Waals surface area contributed by atoms with Crippen molar-refractivity contribution in [2.24, 2.45) is 0 Å². The minimum Gasteiger partial charge on any atom is -0.392 e. The van der Waals surface area contributed by atoms with Gasteiger partial charge in [0.05, 0.1) is 12.1 Å². The monoisotopic (exact) mass is 242 g/mol. The van der Waals surface area contributed by atoms with Crippen LogP contribution in [0.2, 0.25) is 0 Å². The van der Waals surface area contributed by atoms with Crippen molar-refractivity contribution in [3.63, 3.8) is 0 Å². The number of benzene rings is 1. The molecule has 2 unspecified atom stereocenters. The zero-order chi connectivity index (χ0) is 12.4. The Balaban J connectivity index is 2.03. The fourth-order valence-corrected chi connectivity index (χ4v) is 1.77. The van der Waals surface area contributed by atoms with Gasteiger partial charge >= 0.3 is 0 Å². The molecule has 0 radical (unpaired) electrons. The third kappa shape index (κ3) is 2.98. The first-order valence-corrected chi connectivity index (χ1v) is 5.23. The first kappa shape index (κ1) is 11.9. The number of carbonyl (C=O) groups excluding carboxylic acids is 1. The third-order valence-corrected chi connectivity index (χ3v) is 2.55. The van der Waals surface area contributed by atoms with Gasteiger partial charge < -0.3 is 15.7 Å². The lowest BCUT2D eigenvalue weighted by Gasteiger charge is -2.11. The summed E-state index contributed by atoms with van der Waals surface area (Å²) in [6.07, 6.45) is -0.265. The minimum atomic E-state index is -0.750. The van der Waals surface area contributed by atoms with Crippen LogP contribution in [-0.4, -0.2) is 29.7 Å². The molecule has 0 saturated carbocycles. The number of nitrogens with one attached hydrogen (secondary N) is 2. The molecule has 0 spiro atoms. The molecule has 1 aliphatic rings. The van der Waals surface area contributed by atoms with Crippen LogP contribution in [0.3, 0.4) is 0 Å². The van der Waals surface area contributed by atoms with E-state index in [-0.39, 0.29) is 5.69 Å². The Kier molecular flexibility index (Phi) is 3.35. The van der Waals surface area contributed by atoms with Gasteiger partial charge in [-0.3, -0.25) is 4.79 Å². The Morgan fingerprint density at radius 3 is 2.53 bits per heavy atom. The molecule has 2 rings (SSSR count). The van der Waals surface area contributed by atoms with Gasteiger partial charge in [-0.25, -0.2) is 8.78 Å². The molecule has 92 valence electrons. The normalized spacial score (nSPS) is 23.7. The van der Waals surface area contributed by atoms with E-state index in [1.165, 1.54) is 0 Å². The summed E-state index contributed by atoms with van der Waals surface area (Å²) in [7, 11) is 0. The summed E-state index contributed by atoms with van der Waals surface area (Å²) in [5.41, 5.74) is 0.0655. The molecule has 0 bridgehead atoms. The van der Waals surface area contributed by atoms with E-state index < -0.39 is 29.7 Å². The number of halogens is 2. The van der Waals surface area contributed by atoms with E-state index in [1.54, 1.807) is 0 Å². The lowest BCUT2D eigenvalue weighted by Crippen LogP contribution is -2.35. The summed E-state index contributed by atoms with van der Waals surface area (Å²) in [5, 5.41) is 14.4. The summed E-state index contributed by atoms with van der Waals surface area (Å²) in [5.74, 6) is -1.91. The predicted molar refractivity (Wildman–Crippen MR) is 57.4 cm³/mol. The summed E-state index contributed by atoms with van der Waals surface area (Å²) in [6.45, 7) is 0.343. The molecule has 17 heavy (non-hydrogen) atoms. The average Bonchev–Trinajstić information content (AvgIpc) is 2.63. The molecule has 0 aromatic heterocycles. The number of hydrogen-bond donors (Lipinski definition) is 3. The number of amides is 1. The summed E-state index contributed by atoms with van der Waals surface area (Å²) in [4.78, 5) is 11.7. The number of anilines is 1. The van der Waals surface area contributed by atoms with Crippen molar-refractivity contribution >= 4 is 11.6 Å². The highest BCUT2D eigenvalue weighted by Gasteiger charge is 2.28. The van der Waals surface area contributed by atoms with Gasteiger partial charge in [-0.05, 0) is 18.6 Å². The van der Waals surface area contributed by atoms with E-state index in [4.69, 9.17) is 0 Å². The van der Waals surface area contributed by atoms with Crippen LogP contribution in [0.1, 0.15) is 6.42 Å². The largest absolute Gasteiger partial charge is 0.392 e. The Labute approximate surface area is 96.6 Å². The quantitative estimate of drug-likeness (QED) is 0.712. The van der Waals surface area contributed by atoms with Crippen LogP contribution in [-0.2, 0) is 4.79 Å². The Hall–Kier alpha value is -1.53. The van der Waals surface area contributed by atoms with Gasteiger partial charge in [0.1, 0.15) is 11.6 Å². The minimum absolute atomic E-state index is 0.0655. The third-order valence-electron chi connectivity index (χ3n) is 2.55. The van der Waals surface area contributed by atoms with Gasteiger partial charge in [0, 0.05) is 18.3 Å². The molecular formula is C11H12F2N2O2. The fourth-order valence-electron chi connectivity index (χ4n) is 1.77. The summed E-state index contributed by atoms with van der Waals surface area (Å²) >= 11 is 0. The van der Waals surface area contributed by atoms with Crippen molar-refractivity contribution in [3.05, 3.63) is 29.8 Å². The fraction of sp³-hybridized carbons (Fsp3) is 0.364. The zero-order valence-electron chi connectivity index (χ0n) is 8.91. The standard InChI is InChI=1S/C11H12F2N2O2/c12-6-1-7(13)3-8(2-6)15-11(17)10-4-9(16)5-14-10/h1-3,9-10,14,16H,4-5H2,(H,15,17). The van der Waals surface area contributed by atoms with Gasteiger partial charge in [-0.1, -0.05) is 0 Å². The molecule has 1 amide bonds. The van der Waals surface area contributed by atoms with Gasteiger partial charge in [-0.15, -0.1) is 0 Å². The number of hydrogen-bond acceptors (Lipinski definition) is 3. The van der Waals surface area contributed by atoms with Crippen molar-refractivity contribution in [2.75, 3.05) is 11.9 Å². The van der Waals surface area contributed by atoms with Crippen molar-refractivity contribution in [3.8, 4) is 0 Å². The van der Waals surface area contributed by atoms with Crippen LogP contribution in [0, 0.1) is 11.6 Å². The van der Waals surface area contributed by atoms with Crippen LogP contribution in [0.5, 0.6) is 0 Å². The zero-order valence-corrected chi connectivity index (χ0v) is 8.91. The highest BCUT2D eigenvalue weighted by molar-refractivity contribution is 5.95. The van der Waals surface area contributed by atoms with Gasteiger partial charge in [0.25, 0.3) is 0 Å². The summed E-state index contributed by atoms with van der Waals surface area (Å²) in [6, 6.07) is 2.27. The SMILES string of the molecule is O=C(Nc1cc(F)cc(F)c1)C1CC(O)CN1. The molecule has 1 saturated heterocycles. The molecule has 1 aromatic carbocycles. The first-order chi connectivity index (χ1) is 8.04. The van der Waals surface area contributed by atoms with Crippen LogP contribution < -0.4 is 10.6 Å². The van der Waals surface area contributed by atoms with Crippen LogP contribution >= 0.6 is 0 Å². The maximum atomic E-state index is 12.9. The second-order valence-corrected chi connectivity index (χ2v) is 4.00. The van der Waals surface area contributed by atoms with Crippen LogP contribution in [0.15, 0.2) is 18.2 Å². The topological polar surface area (TPSA) is 61.4 Å². The molecule has 2 atom stereocenters. The predicted octanol–water partition coefficient (Wildman–Crippen LogP) is 0.626. The lowest BCUT2D eigenvalue weighted by atomic mass is 10.2. The van der Waals surface area contributed by atoms with Crippen molar-refractivity contribution in [2.45, 2.75) is 18.6 Å². The number of rotatable bonds is 2. The molecule has 6 heteroatoms. The molecule has 1 fully saturated rings. The maximum Gasteiger partial charge on any atom is 0.241 e. The van der Waals surface area contributed by atoms with Gasteiger partial charge in [0.2, 0.25) is 5.91 Å². The average molecular weight is 242 g/mol. The number of aliphatic hydroxyl groups excluding tert-OH is 1. The second kappa shape index (κ2) is 4.77. The van der Waals surface area contributed by atoms with E-state index in [0.29, 0.717) is 13.0 Å². The lowest BCUT2D eigenvalue weighted by molar-refractivity contribution is -0.117. The highest BCUT2D eigenvalue weighted by atomic mass is 19.1. The molecule has 3 N–H and O–H groups in total. The first-order valence-electron chi connectivity index (χ1n) is 5.23. The van der Waals surface area contributed by atoms with Gasteiger partial charge in [-0.2, -0.15) is 0 Å². The second-order valence-electron chi connectivity index (χ2n) is 4.00. The summed E-state index contributed by atoms with van der Waals surface area (Å²) < 4.78 is 25.7. The Bertz CT molecular complexity index is 419. The van der Waals surface area contributed by atoms with Crippen molar-refractivity contribution < 1.29 is 18.7 Å². The molecule has 1 aliphatic heterocycles. The maximum absolute atomic E-state index is 12.9. The van der Waals surface area contributed by atoms with Gasteiger partial charge in [0.15, 0.2) is 0 Å². The van der Waals surface area contributed by atoms with Crippen LogP contribution in [0.4, 0.5) is 14.5 Å². The van der Waals surface area contributed by atoms with E-state index in [1.807, 2.05) is 0 Å². The van der Waals surface area contributed by atoms with Crippen molar-refractivity contribution in [1.29, 1.82) is 0 Å². The number of β-amino-alcohol motifs (C(OH)–C–C–N with tert-alkyl or cyclic N) is 1.